The Morgan fingerprint density at radius 3 is 2.87 bits per heavy atom. The normalized spacial score (nSPS) is 14.9. The van der Waals surface area contributed by atoms with Crippen molar-refractivity contribution in [3.63, 3.8) is 0 Å². The smallest absolute Gasteiger partial charge is 0.270 e. The molecule has 1 aromatic carbocycles. The maximum atomic E-state index is 12.6. The molecule has 1 saturated carbocycles. The first-order valence-electron chi connectivity index (χ1n) is 10.5. The van der Waals surface area contributed by atoms with E-state index in [4.69, 9.17) is 0 Å². The molecule has 4 aromatic rings. The van der Waals surface area contributed by atoms with E-state index >= 15 is 0 Å². The summed E-state index contributed by atoms with van der Waals surface area (Å²) in [6, 6.07) is 14.8. The van der Waals surface area contributed by atoms with Crippen LogP contribution in [0.5, 0.6) is 0 Å². The minimum Gasteiger partial charge on any atom is -0.357 e. The van der Waals surface area contributed by atoms with Crippen molar-refractivity contribution < 1.29 is 4.79 Å². The second-order valence-corrected chi connectivity index (χ2v) is 8.66. The van der Waals surface area contributed by atoms with Crippen LogP contribution in [0.25, 0.3) is 16.6 Å². The number of aromatic amines is 1. The van der Waals surface area contributed by atoms with E-state index in [1.54, 1.807) is 24.4 Å². The van der Waals surface area contributed by atoms with Crippen LogP contribution in [0.4, 0.5) is 0 Å². The van der Waals surface area contributed by atoms with Crippen LogP contribution in [0.3, 0.4) is 0 Å². The number of amides is 1. The van der Waals surface area contributed by atoms with Gasteiger partial charge in [0, 0.05) is 42.1 Å². The number of hydrogen-bond donors (Lipinski definition) is 2. The van der Waals surface area contributed by atoms with Gasteiger partial charge in [0.25, 0.3) is 11.5 Å². The van der Waals surface area contributed by atoms with E-state index in [0.717, 1.165) is 23.0 Å². The minimum absolute atomic E-state index is 0.121. The number of fused-ring (bicyclic) bond motifs is 2. The zero-order chi connectivity index (χ0) is 21.6. The Hall–Kier alpha value is -3.45. The average Bonchev–Trinajstić information content (AvgIpc) is 3.39. The Kier molecular flexibility index (Phi) is 4.63. The summed E-state index contributed by atoms with van der Waals surface area (Å²) < 4.78 is 1.41. The van der Waals surface area contributed by atoms with Gasteiger partial charge in [0.15, 0.2) is 0 Å². The Bertz CT molecular complexity index is 1350. The molecule has 31 heavy (non-hydrogen) atoms. The molecular weight excluding hydrogens is 390 g/mol. The molecule has 1 aliphatic rings. The quantitative estimate of drug-likeness (QED) is 0.507. The van der Waals surface area contributed by atoms with Gasteiger partial charge in [0.1, 0.15) is 11.3 Å². The summed E-state index contributed by atoms with van der Waals surface area (Å²) >= 11 is 0. The Labute approximate surface area is 179 Å². The Balaban J connectivity index is 1.29. The number of H-pyrrole nitrogens is 1. The fourth-order valence-corrected chi connectivity index (χ4v) is 3.88. The van der Waals surface area contributed by atoms with Crippen LogP contribution in [0, 0.1) is 0 Å². The van der Waals surface area contributed by atoms with E-state index in [0.29, 0.717) is 17.7 Å². The molecule has 1 fully saturated rings. The summed E-state index contributed by atoms with van der Waals surface area (Å²) in [6.45, 7) is 3.55. The van der Waals surface area contributed by atoms with Gasteiger partial charge >= 0.3 is 0 Å². The van der Waals surface area contributed by atoms with E-state index in [-0.39, 0.29) is 17.2 Å². The van der Waals surface area contributed by atoms with Crippen molar-refractivity contribution in [3.05, 3.63) is 82.0 Å². The predicted octanol–water partition coefficient (Wildman–Crippen LogP) is 3.09. The topological polar surface area (TPSA) is 82.5 Å². The monoisotopic (exact) mass is 415 g/mol. The molecule has 0 aliphatic heterocycles. The largest absolute Gasteiger partial charge is 0.357 e. The molecule has 0 saturated heterocycles. The summed E-state index contributed by atoms with van der Waals surface area (Å²) in [5, 5.41) is 4.02. The van der Waals surface area contributed by atoms with Crippen LogP contribution in [0.1, 0.15) is 41.5 Å². The number of pyridine rings is 1. The highest BCUT2D eigenvalue weighted by molar-refractivity contribution is 5.92. The van der Waals surface area contributed by atoms with Gasteiger partial charge in [-0.25, -0.2) is 4.98 Å². The minimum atomic E-state index is -0.366. The fraction of sp³-hybridized carbons (Fsp3) is 0.292. The molecule has 1 amide bonds. The van der Waals surface area contributed by atoms with E-state index < -0.39 is 0 Å². The van der Waals surface area contributed by atoms with Gasteiger partial charge in [-0.2, -0.15) is 0 Å². The summed E-state index contributed by atoms with van der Waals surface area (Å²) in [4.78, 5) is 35.0. The van der Waals surface area contributed by atoms with Crippen LogP contribution >= 0.6 is 0 Å². The van der Waals surface area contributed by atoms with E-state index in [1.807, 2.05) is 6.07 Å². The molecule has 0 spiro atoms. The highest BCUT2D eigenvalue weighted by Crippen LogP contribution is 2.40. The molecule has 3 aromatic heterocycles. The standard InChI is InChI=1S/C24H25N5O2/c1-24(8-9-24)28(2)15-18-12-17-7-6-16(11-19(17)26-18)14-25-23(31)20-13-22(30)29-10-4-3-5-21(29)27-20/h3-7,10-13,26H,8-9,14-15H2,1-2H3,(H,25,31). The SMILES string of the molecule is CN(Cc1cc2ccc(CNC(=O)c3cc(=O)n4ccccc4n3)cc2[nH]1)C1(C)CC1. The lowest BCUT2D eigenvalue weighted by Crippen LogP contribution is -2.30. The van der Waals surface area contributed by atoms with Gasteiger partial charge in [-0.1, -0.05) is 18.2 Å². The molecule has 0 atom stereocenters. The molecule has 1 aliphatic carbocycles. The lowest BCUT2D eigenvalue weighted by Gasteiger charge is -2.23. The summed E-state index contributed by atoms with van der Waals surface area (Å²) in [5.74, 6) is -0.366. The predicted molar refractivity (Wildman–Crippen MR) is 120 cm³/mol. The van der Waals surface area contributed by atoms with Crippen LogP contribution in [0.15, 0.2) is 59.5 Å². The molecule has 5 rings (SSSR count). The van der Waals surface area contributed by atoms with Crippen molar-refractivity contribution in [3.8, 4) is 0 Å². The van der Waals surface area contributed by atoms with Crippen molar-refractivity contribution in [1.29, 1.82) is 0 Å². The number of nitrogens with one attached hydrogen (secondary N) is 2. The highest BCUT2D eigenvalue weighted by Gasteiger charge is 2.41. The zero-order valence-electron chi connectivity index (χ0n) is 17.7. The second-order valence-electron chi connectivity index (χ2n) is 8.66. The Morgan fingerprint density at radius 1 is 1.23 bits per heavy atom. The molecule has 3 heterocycles. The lowest BCUT2D eigenvalue weighted by atomic mass is 10.1. The second kappa shape index (κ2) is 7.35. The van der Waals surface area contributed by atoms with Crippen molar-refractivity contribution >= 4 is 22.5 Å². The summed E-state index contributed by atoms with van der Waals surface area (Å²) in [7, 11) is 2.17. The third-order valence-corrected chi connectivity index (χ3v) is 6.30. The summed E-state index contributed by atoms with van der Waals surface area (Å²) in [5.41, 5.74) is 3.86. The van der Waals surface area contributed by atoms with E-state index in [1.165, 1.54) is 29.0 Å². The number of aromatic nitrogens is 3. The van der Waals surface area contributed by atoms with E-state index in [9.17, 15) is 9.59 Å². The number of rotatable bonds is 6. The van der Waals surface area contributed by atoms with Gasteiger partial charge in [-0.15, -0.1) is 0 Å². The van der Waals surface area contributed by atoms with Crippen LogP contribution in [-0.2, 0) is 13.1 Å². The number of hydrogen-bond acceptors (Lipinski definition) is 4. The number of carbonyl (C=O) groups is 1. The van der Waals surface area contributed by atoms with Gasteiger partial charge in [-0.3, -0.25) is 18.9 Å². The fourth-order valence-electron chi connectivity index (χ4n) is 3.88. The third-order valence-electron chi connectivity index (χ3n) is 6.30. The molecule has 0 unspecified atom stereocenters. The maximum Gasteiger partial charge on any atom is 0.270 e. The van der Waals surface area contributed by atoms with Gasteiger partial charge in [-0.05, 0) is 62.0 Å². The molecule has 0 bridgehead atoms. The number of benzene rings is 1. The first-order chi connectivity index (χ1) is 14.9. The van der Waals surface area contributed by atoms with Gasteiger partial charge in [0.2, 0.25) is 0 Å². The van der Waals surface area contributed by atoms with Crippen LogP contribution < -0.4 is 10.9 Å². The van der Waals surface area contributed by atoms with Crippen molar-refractivity contribution in [2.24, 2.45) is 0 Å². The van der Waals surface area contributed by atoms with Gasteiger partial charge in [0.05, 0.1) is 0 Å². The maximum absolute atomic E-state index is 12.6. The average molecular weight is 415 g/mol. The van der Waals surface area contributed by atoms with Crippen molar-refractivity contribution in [1.82, 2.24) is 24.6 Å². The first kappa shape index (κ1) is 19.5. The molecule has 0 radical (unpaired) electrons. The van der Waals surface area contributed by atoms with Crippen molar-refractivity contribution in [2.75, 3.05) is 7.05 Å². The van der Waals surface area contributed by atoms with Crippen LogP contribution in [0.2, 0.25) is 0 Å². The lowest BCUT2D eigenvalue weighted by molar-refractivity contribution is 0.0946. The van der Waals surface area contributed by atoms with Crippen molar-refractivity contribution in [2.45, 2.75) is 38.4 Å². The first-order valence-corrected chi connectivity index (χ1v) is 10.5. The van der Waals surface area contributed by atoms with Gasteiger partial charge < -0.3 is 10.3 Å². The molecule has 7 heteroatoms. The van der Waals surface area contributed by atoms with Crippen LogP contribution in [-0.4, -0.2) is 37.8 Å². The van der Waals surface area contributed by atoms with E-state index in [2.05, 4.69) is 52.4 Å². The molecule has 158 valence electrons. The number of nitrogens with zero attached hydrogens (tertiary/aromatic N) is 3. The zero-order valence-corrected chi connectivity index (χ0v) is 17.7. The number of carbonyl (C=O) groups excluding carboxylic acids is 1. The molecular formula is C24H25N5O2. The summed E-state index contributed by atoms with van der Waals surface area (Å²) in [6.07, 6.45) is 4.15. The highest BCUT2D eigenvalue weighted by atomic mass is 16.2. The molecule has 7 nitrogen and oxygen atoms in total. The molecule has 2 N–H and O–H groups in total. The Morgan fingerprint density at radius 2 is 2.06 bits per heavy atom. The third kappa shape index (κ3) is 3.84.